The largest absolute Gasteiger partial charge is 0.435 e. The molecule has 144 valence electrons. The Morgan fingerprint density at radius 1 is 0.967 bits per heavy atom. The van der Waals surface area contributed by atoms with Crippen molar-refractivity contribution in [2.45, 2.75) is 18.0 Å². The van der Waals surface area contributed by atoms with Crippen LogP contribution in [0.1, 0.15) is 11.3 Å². The van der Waals surface area contributed by atoms with E-state index in [0.29, 0.717) is 5.56 Å². The molecule has 30 heavy (non-hydrogen) atoms. The van der Waals surface area contributed by atoms with E-state index in [-0.39, 0.29) is 11.4 Å². The second-order valence-electron chi connectivity index (χ2n) is 6.57. The zero-order chi connectivity index (χ0) is 22.6. The highest BCUT2D eigenvalue weighted by molar-refractivity contribution is 7.89. The van der Waals surface area contributed by atoms with Gasteiger partial charge in [-0.05, 0) is 13.0 Å². The number of sulfonamides is 1. The maximum Gasteiger partial charge on any atom is 0.435 e. The Hall–Kier alpha value is -2.39. The van der Waals surface area contributed by atoms with Gasteiger partial charge in [0.05, 0.1) is 16.3 Å². The lowest BCUT2D eigenvalue weighted by Gasteiger charge is -2.22. The van der Waals surface area contributed by atoms with Crippen LogP contribution in [0.2, 0.25) is 0 Å². The standard InChI is InChI=1S/C17H10B4F3N3O2S/c1-7-2-4-8(5-3-7)9-6-10(17(22,23)24)26-27(9)15-11(18)13(20)16(30(25,28)29)14(21)12(15)19/h2-6H,1H3,(H2,25,28,29). The van der Waals surface area contributed by atoms with Gasteiger partial charge in [0, 0.05) is 5.56 Å². The molecule has 0 spiro atoms. The van der Waals surface area contributed by atoms with Gasteiger partial charge < -0.3 is 0 Å². The number of rotatable bonds is 3. The number of nitrogens with zero attached hydrogens (tertiary/aromatic N) is 2. The van der Waals surface area contributed by atoms with Gasteiger partial charge in [0.15, 0.2) is 5.69 Å². The maximum absolute atomic E-state index is 13.4. The van der Waals surface area contributed by atoms with Gasteiger partial charge >= 0.3 is 6.18 Å². The van der Waals surface area contributed by atoms with E-state index in [4.69, 9.17) is 36.5 Å². The smallest absolute Gasteiger partial charge is 0.234 e. The first-order valence-corrected chi connectivity index (χ1v) is 9.81. The van der Waals surface area contributed by atoms with E-state index >= 15 is 0 Å². The first-order chi connectivity index (χ1) is 13.7. The van der Waals surface area contributed by atoms with Crippen LogP contribution in [-0.2, 0) is 16.2 Å². The molecule has 1 heterocycles. The Morgan fingerprint density at radius 2 is 1.47 bits per heavy atom. The highest BCUT2D eigenvalue weighted by Gasteiger charge is 2.36. The minimum absolute atomic E-state index is 0.0112. The van der Waals surface area contributed by atoms with E-state index < -0.39 is 48.6 Å². The summed E-state index contributed by atoms with van der Waals surface area (Å²) >= 11 is 0. The van der Waals surface area contributed by atoms with Crippen LogP contribution in [0.3, 0.4) is 0 Å². The molecular weight excluding hydrogens is 411 g/mol. The molecule has 3 aromatic rings. The molecule has 0 bridgehead atoms. The fourth-order valence-corrected chi connectivity index (χ4v) is 3.78. The van der Waals surface area contributed by atoms with E-state index in [1.54, 1.807) is 24.3 Å². The normalized spacial score (nSPS) is 12.3. The van der Waals surface area contributed by atoms with Gasteiger partial charge in [0.1, 0.15) is 31.4 Å². The summed E-state index contributed by atoms with van der Waals surface area (Å²) in [5.41, 5.74) is -2.22. The molecule has 0 saturated carbocycles. The lowest BCUT2D eigenvalue weighted by molar-refractivity contribution is -0.141. The Bertz CT molecular complexity index is 1230. The number of primary sulfonamides is 1. The van der Waals surface area contributed by atoms with Crippen molar-refractivity contribution in [3.05, 3.63) is 41.6 Å². The number of alkyl halides is 3. The molecule has 13 heteroatoms. The summed E-state index contributed by atoms with van der Waals surface area (Å²) in [4.78, 5) is -0.707. The fourth-order valence-electron chi connectivity index (χ4n) is 2.94. The molecule has 0 unspecified atom stereocenters. The molecule has 0 saturated heterocycles. The molecule has 0 fully saturated rings. The third-order valence-electron chi connectivity index (χ3n) is 4.42. The Kier molecular flexibility index (Phi) is 5.49. The van der Waals surface area contributed by atoms with E-state index in [0.717, 1.165) is 16.3 Å². The maximum atomic E-state index is 13.4. The Morgan fingerprint density at radius 3 is 1.90 bits per heavy atom. The van der Waals surface area contributed by atoms with Gasteiger partial charge in [0.25, 0.3) is 0 Å². The van der Waals surface area contributed by atoms with Crippen LogP contribution >= 0.6 is 0 Å². The summed E-state index contributed by atoms with van der Waals surface area (Å²) in [6.45, 7) is 1.81. The lowest BCUT2D eigenvalue weighted by Crippen LogP contribution is -2.49. The van der Waals surface area contributed by atoms with Gasteiger partial charge in [-0.15, -0.1) is 0 Å². The second-order valence-corrected chi connectivity index (χ2v) is 8.07. The van der Waals surface area contributed by atoms with Gasteiger partial charge in [-0.3, -0.25) is 0 Å². The van der Waals surface area contributed by atoms with Crippen molar-refractivity contribution in [2.75, 3.05) is 0 Å². The van der Waals surface area contributed by atoms with Crippen LogP contribution in [0.5, 0.6) is 0 Å². The van der Waals surface area contributed by atoms with E-state index in [2.05, 4.69) is 5.10 Å². The predicted octanol–water partition coefficient (Wildman–Crippen LogP) is -1.31. The van der Waals surface area contributed by atoms with Gasteiger partial charge in [0.2, 0.25) is 10.0 Å². The fraction of sp³-hybridized carbons (Fsp3) is 0.118. The minimum atomic E-state index is -4.77. The van der Waals surface area contributed by atoms with Crippen LogP contribution in [0.25, 0.3) is 16.9 Å². The SMILES string of the molecule is [B]c1c([B])c(S(N)(=O)=O)c([B])c([B])c1-n1nc(C(F)(F)F)cc1-c1ccc(C)cc1. The van der Waals surface area contributed by atoms with Gasteiger partial charge in [-0.1, -0.05) is 51.7 Å². The molecule has 1 aromatic heterocycles. The minimum Gasteiger partial charge on any atom is -0.234 e. The molecule has 0 aliphatic heterocycles. The molecule has 0 aliphatic carbocycles. The molecule has 0 amide bonds. The number of hydrogen-bond donors (Lipinski definition) is 1. The lowest BCUT2D eigenvalue weighted by atomic mass is 9.69. The van der Waals surface area contributed by atoms with Crippen molar-refractivity contribution in [3.8, 4) is 16.9 Å². The first kappa shape index (κ1) is 22.3. The third-order valence-corrected chi connectivity index (χ3v) is 5.43. The molecule has 8 radical (unpaired) electrons. The second kappa shape index (κ2) is 7.39. The summed E-state index contributed by atoms with van der Waals surface area (Å²) in [5, 5.41) is 8.70. The van der Waals surface area contributed by atoms with E-state index in [1.807, 2.05) is 6.92 Å². The molecule has 5 nitrogen and oxygen atoms in total. The van der Waals surface area contributed by atoms with Crippen molar-refractivity contribution >= 4 is 63.3 Å². The highest BCUT2D eigenvalue weighted by Crippen LogP contribution is 2.32. The number of aromatic nitrogens is 2. The number of benzene rings is 2. The number of nitrogens with two attached hydrogens (primary N) is 1. The summed E-state index contributed by atoms with van der Waals surface area (Å²) in [6, 6.07) is 7.37. The average molecular weight is 421 g/mol. The number of hydrogen-bond acceptors (Lipinski definition) is 3. The summed E-state index contributed by atoms with van der Waals surface area (Å²) in [5.74, 6) is 0. The van der Waals surface area contributed by atoms with Crippen LogP contribution < -0.4 is 27.0 Å². The molecule has 3 rings (SSSR count). The first-order valence-electron chi connectivity index (χ1n) is 8.26. The molecule has 2 aromatic carbocycles. The van der Waals surface area contributed by atoms with Crippen LogP contribution in [0, 0.1) is 6.92 Å². The third kappa shape index (κ3) is 3.83. The molecule has 0 atom stereocenters. The van der Waals surface area contributed by atoms with Crippen LogP contribution in [-0.4, -0.2) is 49.6 Å². The molecule has 0 aliphatic rings. The van der Waals surface area contributed by atoms with Crippen LogP contribution in [0.15, 0.2) is 35.2 Å². The number of halogens is 3. The zero-order valence-electron chi connectivity index (χ0n) is 15.5. The quantitative estimate of drug-likeness (QED) is 0.535. The summed E-state index contributed by atoms with van der Waals surface area (Å²) < 4.78 is 64.6. The summed E-state index contributed by atoms with van der Waals surface area (Å²) in [6.07, 6.45) is -4.77. The predicted molar refractivity (Wildman–Crippen MR) is 112 cm³/mol. The van der Waals surface area contributed by atoms with Crippen LogP contribution in [0.4, 0.5) is 13.2 Å². The highest BCUT2D eigenvalue weighted by atomic mass is 32.2. The van der Waals surface area contributed by atoms with E-state index in [9.17, 15) is 21.6 Å². The van der Waals surface area contributed by atoms with Crippen molar-refractivity contribution < 1.29 is 21.6 Å². The number of aryl methyl sites for hydroxylation is 1. The topological polar surface area (TPSA) is 78.0 Å². The zero-order valence-corrected chi connectivity index (χ0v) is 16.3. The molecule has 2 N–H and O–H groups in total. The van der Waals surface area contributed by atoms with Gasteiger partial charge in [-0.2, -0.15) is 18.3 Å². The van der Waals surface area contributed by atoms with Crippen molar-refractivity contribution in [1.82, 2.24) is 9.78 Å². The Labute approximate surface area is 176 Å². The summed E-state index contributed by atoms with van der Waals surface area (Å²) in [7, 11) is 19.1. The van der Waals surface area contributed by atoms with Crippen molar-refractivity contribution in [3.63, 3.8) is 0 Å². The van der Waals surface area contributed by atoms with E-state index in [1.165, 1.54) is 0 Å². The van der Waals surface area contributed by atoms with Gasteiger partial charge in [-0.25, -0.2) is 18.2 Å². The molecular formula is C17H10B4F3N3O2S. The average Bonchev–Trinajstić information content (AvgIpc) is 3.05. The Balaban J connectivity index is 2.41. The monoisotopic (exact) mass is 421 g/mol. The van der Waals surface area contributed by atoms with Crippen molar-refractivity contribution in [2.24, 2.45) is 5.14 Å². The van der Waals surface area contributed by atoms with Crippen molar-refractivity contribution in [1.29, 1.82) is 0 Å².